The zero-order chi connectivity index (χ0) is 24.3. The summed E-state index contributed by atoms with van der Waals surface area (Å²) >= 11 is 0. The third-order valence-corrected chi connectivity index (χ3v) is 8.82. The van der Waals surface area contributed by atoms with Crippen LogP contribution in [0.4, 0.5) is 17.6 Å². The highest BCUT2D eigenvalue weighted by atomic mass is 32.2. The number of amides is 1. The predicted molar refractivity (Wildman–Crippen MR) is 117 cm³/mol. The van der Waals surface area contributed by atoms with E-state index in [1.165, 1.54) is 10.4 Å². The number of sulfonamides is 1. The quantitative estimate of drug-likeness (QED) is 0.564. The smallest absolute Gasteiger partial charge is 0.257 e. The average molecular weight is 494 g/mol. The van der Waals surface area contributed by atoms with Gasteiger partial charge in [0, 0.05) is 51.1 Å². The molecule has 0 atom stereocenters. The molecule has 11 heteroatoms. The summed E-state index contributed by atoms with van der Waals surface area (Å²) in [6, 6.07) is 3.16. The lowest BCUT2D eigenvalue weighted by molar-refractivity contribution is -0.0889. The zero-order valence-electron chi connectivity index (χ0n) is 18.8. The van der Waals surface area contributed by atoms with Crippen molar-refractivity contribution in [1.29, 1.82) is 0 Å². The number of piperazine rings is 1. The van der Waals surface area contributed by atoms with Gasteiger partial charge in [-0.05, 0) is 37.8 Å². The fourth-order valence-corrected chi connectivity index (χ4v) is 6.34. The molecule has 0 bridgehead atoms. The minimum Gasteiger partial charge on any atom is -0.352 e. The van der Waals surface area contributed by atoms with Crippen molar-refractivity contribution in [3.05, 3.63) is 35.4 Å². The van der Waals surface area contributed by atoms with Gasteiger partial charge in [0.25, 0.3) is 5.91 Å². The van der Waals surface area contributed by atoms with Gasteiger partial charge in [0.2, 0.25) is 15.9 Å². The molecule has 1 saturated carbocycles. The standard InChI is InChI=1S/C22H31F4N3O3S/c1-2-16-33(31,32)29-14-12-28(13-15-29)21(6-8-22(25,26)9-7-21)10-11-27-20(30)19-17(23)4-3-5-18(19)24/h3-5H,2,6-16H2,1H3,(H,27,30). The molecule has 0 unspecified atom stereocenters. The Bertz CT molecular complexity index is 920. The summed E-state index contributed by atoms with van der Waals surface area (Å²) < 4.78 is 81.8. The molecule has 0 aromatic heterocycles. The second kappa shape index (κ2) is 10.3. The predicted octanol–water partition coefficient (Wildman–Crippen LogP) is 3.39. The van der Waals surface area contributed by atoms with Crippen molar-refractivity contribution in [3.8, 4) is 0 Å². The Balaban J connectivity index is 1.67. The minimum absolute atomic E-state index is 0.0620. The molecule has 33 heavy (non-hydrogen) atoms. The molecular weight excluding hydrogens is 462 g/mol. The van der Waals surface area contributed by atoms with E-state index in [4.69, 9.17) is 0 Å². The van der Waals surface area contributed by atoms with E-state index in [1.807, 2.05) is 0 Å². The van der Waals surface area contributed by atoms with E-state index in [0.717, 1.165) is 12.1 Å². The van der Waals surface area contributed by atoms with Crippen molar-refractivity contribution in [1.82, 2.24) is 14.5 Å². The lowest BCUT2D eigenvalue weighted by atomic mass is 9.76. The molecular formula is C22H31F4N3O3S. The molecule has 2 fully saturated rings. The Morgan fingerprint density at radius 1 is 1.03 bits per heavy atom. The maximum atomic E-state index is 13.9. The van der Waals surface area contributed by atoms with Gasteiger partial charge in [0.05, 0.1) is 5.75 Å². The summed E-state index contributed by atoms with van der Waals surface area (Å²) in [5.41, 5.74) is -1.31. The largest absolute Gasteiger partial charge is 0.352 e. The molecule has 1 aliphatic carbocycles. The van der Waals surface area contributed by atoms with Crippen molar-refractivity contribution < 1.29 is 30.8 Å². The SMILES string of the molecule is CCCS(=O)(=O)N1CCN(C2(CCNC(=O)c3c(F)cccc3F)CCC(F)(F)CC2)CC1. The first-order chi connectivity index (χ1) is 15.5. The van der Waals surface area contributed by atoms with Crippen molar-refractivity contribution in [2.45, 2.75) is 56.9 Å². The van der Waals surface area contributed by atoms with Crippen LogP contribution in [0.3, 0.4) is 0 Å². The summed E-state index contributed by atoms with van der Waals surface area (Å²) in [6.07, 6.45) is 0.655. The molecule has 3 rings (SSSR count). The molecule has 186 valence electrons. The number of benzene rings is 1. The first-order valence-electron chi connectivity index (χ1n) is 11.3. The van der Waals surface area contributed by atoms with Gasteiger partial charge in [0.15, 0.2) is 0 Å². The number of carbonyl (C=O) groups excluding carboxylic acids is 1. The second-order valence-electron chi connectivity index (χ2n) is 8.88. The summed E-state index contributed by atoms with van der Waals surface area (Å²) in [5.74, 6) is -5.51. The number of nitrogens with one attached hydrogen (secondary N) is 1. The Kier molecular flexibility index (Phi) is 8.06. The molecule has 1 amide bonds. The zero-order valence-corrected chi connectivity index (χ0v) is 19.6. The van der Waals surface area contributed by atoms with Crippen LogP contribution in [-0.2, 0) is 10.0 Å². The highest BCUT2D eigenvalue weighted by Gasteiger charge is 2.47. The second-order valence-corrected chi connectivity index (χ2v) is 11.0. The number of hydrogen-bond donors (Lipinski definition) is 1. The average Bonchev–Trinajstić information content (AvgIpc) is 2.75. The number of alkyl halides is 2. The molecule has 0 spiro atoms. The molecule has 6 nitrogen and oxygen atoms in total. The summed E-state index contributed by atoms with van der Waals surface area (Å²) in [4.78, 5) is 14.4. The molecule has 1 aromatic rings. The van der Waals surface area contributed by atoms with Crippen LogP contribution in [0.5, 0.6) is 0 Å². The maximum Gasteiger partial charge on any atom is 0.257 e. The van der Waals surface area contributed by atoms with Gasteiger partial charge in [-0.15, -0.1) is 0 Å². The third kappa shape index (κ3) is 6.05. The van der Waals surface area contributed by atoms with E-state index >= 15 is 0 Å². The van der Waals surface area contributed by atoms with Crippen LogP contribution in [0.25, 0.3) is 0 Å². The Morgan fingerprint density at radius 2 is 1.61 bits per heavy atom. The highest BCUT2D eigenvalue weighted by molar-refractivity contribution is 7.89. The van der Waals surface area contributed by atoms with Crippen molar-refractivity contribution in [2.24, 2.45) is 0 Å². The lowest BCUT2D eigenvalue weighted by Crippen LogP contribution is -2.60. The Labute approximate surface area is 192 Å². The number of nitrogens with zero attached hydrogens (tertiary/aromatic N) is 2. The van der Waals surface area contributed by atoms with E-state index in [0.29, 0.717) is 25.9 Å². The minimum atomic E-state index is -3.33. The van der Waals surface area contributed by atoms with Crippen molar-refractivity contribution in [2.75, 3.05) is 38.5 Å². The fraction of sp³-hybridized carbons (Fsp3) is 0.682. The van der Waals surface area contributed by atoms with E-state index in [2.05, 4.69) is 10.2 Å². The Morgan fingerprint density at radius 3 is 2.15 bits per heavy atom. The molecule has 1 aliphatic heterocycles. The van der Waals surface area contributed by atoms with Gasteiger partial charge in [-0.1, -0.05) is 13.0 Å². The highest BCUT2D eigenvalue weighted by Crippen LogP contribution is 2.43. The topological polar surface area (TPSA) is 69.7 Å². The van der Waals surface area contributed by atoms with Crippen LogP contribution in [0.15, 0.2) is 18.2 Å². The van der Waals surface area contributed by atoms with Gasteiger partial charge >= 0.3 is 0 Å². The van der Waals surface area contributed by atoms with Crippen LogP contribution in [0.1, 0.15) is 55.8 Å². The molecule has 2 aliphatic rings. The van der Waals surface area contributed by atoms with Crippen molar-refractivity contribution >= 4 is 15.9 Å². The van der Waals surface area contributed by atoms with E-state index in [1.54, 1.807) is 6.92 Å². The first kappa shape index (κ1) is 25.9. The Hall–Kier alpha value is -1.72. The first-order valence-corrected chi connectivity index (χ1v) is 12.9. The van der Waals surface area contributed by atoms with Gasteiger partial charge < -0.3 is 5.32 Å². The summed E-state index contributed by atoms with van der Waals surface area (Å²) in [6.45, 7) is 3.24. The molecule has 1 N–H and O–H groups in total. The normalized spacial score (nSPS) is 21.6. The molecule has 1 aromatic carbocycles. The van der Waals surface area contributed by atoms with Gasteiger partial charge in [-0.2, -0.15) is 4.31 Å². The lowest BCUT2D eigenvalue weighted by Gasteiger charge is -2.51. The van der Waals surface area contributed by atoms with Crippen LogP contribution >= 0.6 is 0 Å². The van der Waals surface area contributed by atoms with Gasteiger partial charge in [-0.25, -0.2) is 26.0 Å². The number of rotatable bonds is 8. The number of hydrogen-bond acceptors (Lipinski definition) is 4. The van der Waals surface area contributed by atoms with Gasteiger partial charge in [0.1, 0.15) is 17.2 Å². The maximum absolute atomic E-state index is 13.9. The molecule has 1 heterocycles. The van der Waals surface area contributed by atoms with E-state index in [9.17, 15) is 30.8 Å². The van der Waals surface area contributed by atoms with Crippen LogP contribution in [0, 0.1) is 11.6 Å². The summed E-state index contributed by atoms with van der Waals surface area (Å²) in [7, 11) is -3.33. The molecule has 1 saturated heterocycles. The monoisotopic (exact) mass is 493 g/mol. The summed E-state index contributed by atoms with van der Waals surface area (Å²) in [5, 5.41) is 2.52. The van der Waals surface area contributed by atoms with E-state index in [-0.39, 0.29) is 51.1 Å². The van der Waals surface area contributed by atoms with Crippen LogP contribution in [0.2, 0.25) is 0 Å². The van der Waals surface area contributed by atoms with Crippen LogP contribution in [-0.4, -0.2) is 73.5 Å². The van der Waals surface area contributed by atoms with Crippen molar-refractivity contribution in [3.63, 3.8) is 0 Å². The van der Waals surface area contributed by atoms with Gasteiger partial charge in [-0.3, -0.25) is 9.69 Å². The fourth-order valence-electron chi connectivity index (χ4n) is 4.84. The number of halogens is 4. The number of carbonyl (C=O) groups is 1. The van der Waals surface area contributed by atoms with E-state index < -0.39 is 44.6 Å². The third-order valence-electron chi connectivity index (χ3n) is 6.74. The molecule has 0 radical (unpaired) electrons. The van der Waals surface area contributed by atoms with Crippen LogP contribution < -0.4 is 5.32 Å².